The highest BCUT2D eigenvalue weighted by atomic mass is 79.9. The van der Waals surface area contributed by atoms with E-state index in [2.05, 4.69) is 22.0 Å². The first-order valence-corrected chi connectivity index (χ1v) is 7.96. The Bertz CT molecular complexity index is 639. The number of nitrogens with zero attached hydrogens (tertiary/aromatic N) is 2. The van der Waals surface area contributed by atoms with E-state index in [1.165, 1.54) is 5.56 Å². The zero-order chi connectivity index (χ0) is 16.1. The number of carbonyl (C=O) groups is 1. The van der Waals surface area contributed by atoms with Gasteiger partial charge in [-0.3, -0.25) is 9.69 Å². The minimum absolute atomic E-state index is 0.0728. The molecule has 0 bridgehead atoms. The van der Waals surface area contributed by atoms with Gasteiger partial charge in [0.2, 0.25) is 5.91 Å². The van der Waals surface area contributed by atoms with Crippen LogP contribution in [0.1, 0.15) is 17.1 Å². The van der Waals surface area contributed by atoms with Gasteiger partial charge in [0, 0.05) is 18.1 Å². The molecule has 0 N–H and O–H groups in total. The summed E-state index contributed by atoms with van der Waals surface area (Å²) in [6.45, 7) is 3.49. The van der Waals surface area contributed by atoms with Crippen molar-refractivity contribution in [3.8, 4) is 0 Å². The first-order chi connectivity index (χ1) is 10.5. The lowest BCUT2D eigenvalue weighted by Gasteiger charge is -2.21. The number of carbonyl (C=O) groups excluding carboxylic acids is 1. The fourth-order valence-corrected chi connectivity index (χ4v) is 2.63. The van der Waals surface area contributed by atoms with Gasteiger partial charge in [-0.1, -0.05) is 34.1 Å². The zero-order valence-electron chi connectivity index (χ0n) is 13.2. The number of benzene rings is 1. The molecule has 0 saturated heterocycles. The molecule has 1 amide bonds. The van der Waals surface area contributed by atoms with E-state index in [0.717, 1.165) is 22.5 Å². The van der Waals surface area contributed by atoms with Gasteiger partial charge in [0.25, 0.3) is 0 Å². The second-order valence-electron chi connectivity index (χ2n) is 5.53. The molecule has 1 aromatic carbocycles. The summed E-state index contributed by atoms with van der Waals surface area (Å²) in [5.74, 6) is 1.74. The third-order valence-corrected chi connectivity index (χ3v) is 4.19. The molecule has 4 nitrogen and oxygen atoms in total. The molecule has 0 aliphatic rings. The predicted octanol–water partition coefficient (Wildman–Crippen LogP) is 3.44. The molecule has 1 aromatic heterocycles. The lowest BCUT2D eigenvalue weighted by Crippen LogP contribution is -2.36. The number of rotatable bonds is 6. The van der Waals surface area contributed by atoms with Crippen LogP contribution >= 0.6 is 15.9 Å². The van der Waals surface area contributed by atoms with Crippen LogP contribution in [0.15, 0.2) is 45.3 Å². The number of hydrogen-bond acceptors (Lipinski definition) is 3. The largest absolute Gasteiger partial charge is 0.464 e. The van der Waals surface area contributed by atoms with Crippen LogP contribution in [0.25, 0.3) is 0 Å². The van der Waals surface area contributed by atoms with Gasteiger partial charge >= 0.3 is 0 Å². The SMILES string of the molecule is Cc1ccc(CN(C)C(=O)CN(C)Cc2ccccc2Br)o1. The van der Waals surface area contributed by atoms with Crippen LogP contribution in [0, 0.1) is 6.92 Å². The summed E-state index contributed by atoms with van der Waals surface area (Å²) in [6, 6.07) is 11.9. The van der Waals surface area contributed by atoms with Crippen LogP contribution in [0.5, 0.6) is 0 Å². The second kappa shape index (κ2) is 7.61. The van der Waals surface area contributed by atoms with Gasteiger partial charge < -0.3 is 9.32 Å². The minimum Gasteiger partial charge on any atom is -0.464 e. The van der Waals surface area contributed by atoms with E-state index < -0.39 is 0 Å². The molecule has 0 spiro atoms. The lowest BCUT2D eigenvalue weighted by molar-refractivity contribution is -0.131. The Kier molecular flexibility index (Phi) is 5.80. The van der Waals surface area contributed by atoms with Crippen molar-refractivity contribution in [2.45, 2.75) is 20.0 Å². The average molecular weight is 365 g/mol. The summed E-state index contributed by atoms with van der Waals surface area (Å²) in [7, 11) is 3.74. The highest BCUT2D eigenvalue weighted by Gasteiger charge is 2.14. The standard InChI is InChI=1S/C17H21BrN2O2/c1-13-8-9-15(22-13)11-20(3)17(21)12-19(2)10-14-6-4-5-7-16(14)18/h4-9H,10-12H2,1-3H3. The Morgan fingerprint density at radius 2 is 1.86 bits per heavy atom. The fraction of sp³-hybridized carbons (Fsp3) is 0.353. The van der Waals surface area contributed by atoms with E-state index in [1.807, 2.05) is 49.2 Å². The molecule has 5 heteroatoms. The van der Waals surface area contributed by atoms with Crippen LogP contribution in [-0.2, 0) is 17.9 Å². The van der Waals surface area contributed by atoms with E-state index in [4.69, 9.17) is 4.42 Å². The highest BCUT2D eigenvalue weighted by Crippen LogP contribution is 2.17. The zero-order valence-corrected chi connectivity index (χ0v) is 14.8. The van der Waals surface area contributed by atoms with Gasteiger partial charge in [-0.05, 0) is 37.7 Å². The Hall–Kier alpha value is -1.59. The first-order valence-electron chi connectivity index (χ1n) is 7.17. The Labute approximate surface area is 139 Å². The molecule has 22 heavy (non-hydrogen) atoms. The van der Waals surface area contributed by atoms with E-state index in [0.29, 0.717) is 13.1 Å². The summed E-state index contributed by atoms with van der Waals surface area (Å²) in [6.07, 6.45) is 0. The molecule has 0 unspecified atom stereocenters. The normalized spacial score (nSPS) is 11.0. The molecule has 0 saturated carbocycles. The topological polar surface area (TPSA) is 36.7 Å². The molecule has 0 fully saturated rings. The van der Waals surface area contributed by atoms with Crippen molar-refractivity contribution in [3.63, 3.8) is 0 Å². The van der Waals surface area contributed by atoms with Gasteiger partial charge in [0.15, 0.2) is 0 Å². The smallest absolute Gasteiger partial charge is 0.236 e. The number of furan rings is 1. The van der Waals surface area contributed by atoms with Crippen molar-refractivity contribution in [3.05, 3.63) is 58.0 Å². The van der Waals surface area contributed by atoms with Gasteiger partial charge in [-0.25, -0.2) is 0 Å². The van der Waals surface area contributed by atoms with Gasteiger partial charge in [-0.2, -0.15) is 0 Å². The fourth-order valence-electron chi connectivity index (χ4n) is 2.22. The first kappa shape index (κ1) is 16.8. The summed E-state index contributed by atoms with van der Waals surface area (Å²) < 4.78 is 6.57. The number of aryl methyl sites for hydroxylation is 1. The van der Waals surface area contributed by atoms with Crippen molar-refractivity contribution in [1.29, 1.82) is 0 Å². The van der Waals surface area contributed by atoms with Crippen molar-refractivity contribution in [1.82, 2.24) is 9.80 Å². The molecule has 118 valence electrons. The maximum Gasteiger partial charge on any atom is 0.236 e. The van der Waals surface area contributed by atoms with Crippen molar-refractivity contribution in [2.24, 2.45) is 0 Å². The monoisotopic (exact) mass is 364 g/mol. The van der Waals surface area contributed by atoms with Crippen molar-refractivity contribution in [2.75, 3.05) is 20.6 Å². The maximum atomic E-state index is 12.3. The highest BCUT2D eigenvalue weighted by molar-refractivity contribution is 9.10. The molecular formula is C17H21BrN2O2. The van der Waals surface area contributed by atoms with Crippen LogP contribution in [0.2, 0.25) is 0 Å². The number of amides is 1. The van der Waals surface area contributed by atoms with E-state index in [9.17, 15) is 4.79 Å². The van der Waals surface area contributed by atoms with Crippen LogP contribution in [0.4, 0.5) is 0 Å². The quantitative estimate of drug-likeness (QED) is 0.787. The summed E-state index contributed by atoms with van der Waals surface area (Å²) in [5, 5.41) is 0. The Balaban J connectivity index is 1.86. The molecule has 0 radical (unpaired) electrons. The van der Waals surface area contributed by atoms with E-state index in [1.54, 1.807) is 11.9 Å². The number of likely N-dealkylation sites (N-methyl/N-ethyl adjacent to an activating group) is 2. The molecule has 0 aliphatic heterocycles. The molecule has 0 atom stereocenters. The average Bonchev–Trinajstić information content (AvgIpc) is 2.86. The van der Waals surface area contributed by atoms with Gasteiger partial charge in [0.1, 0.15) is 11.5 Å². The summed E-state index contributed by atoms with van der Waals surface area (Å²) in [4.78, 5) is 16.0. The molecule has 0 aliphatic carbocycles. The second-order valence-corrected chi connectivity index (χ2v) is 6.38. The third kappa shape index (κ3) is 4.71. The number of halogens is 1. The summed E-state index contributed by atoms with van der Waals surface area (Å²) in [5.41, 5.74) is 1.17. The molecule has 2 aromatic rings. The van der Waals surface area contributed by atoms with Crippen molar-refractivity contribution < 1.29 is 9.21 Å². The summed E-state index contributed by atoms with van der Waals surface area (Å²) >= 11 is 3.53. The van der Waals surface area contributed by atoms with Crippen LogP contribution in [0.3, 0.4) is 0 Å². The Morgan fingerprint density at radius 1 is 1.14 bits per heavy atom. The van der Waals surface area contributed by atoms with E-state index >= 15 is 0 Å². The molecule has 2 rings (SSSR count). The van der Waals surface area contributed by atoms with Crippen LogP contribution in [-0.4, -0.2) is 36.3 Å². The van der Waals surface area contributed by atoms with Gasteiger partial charge in [0.05, 0.1) is 13.1 Å². The molecule has 1 heterocycles. The number of hydrogen-bond donors (Lipinski definition) is 0. The maximum absolute atomic E-state index is 12.3. The van der Waals surface area contributed by atoms with E-state index in [-0.39, 0.29) is 5.91 Å². The minimum atomic E-state index is 0.0728. The van der Waals surface area contributed by atoms with Crippen molar-refractivity contribution >= 4 is 21.8 Å². The van der Waals surface area contributed by atoms with Gasteiger partial charge in [-0.15, -0.1) is 0 Å². The third-order valence-electron chi connectivity index (χ3n) is 3.42. The lowest BCUT2D eigenvalue weighted by atomic mass is 10.2. The van der Waals surface area contributed by atoms with Crippen LogP contribution < -0.4 is 0 Å². The Morgan fingerprint density at radius 3 is 2.50 bits per heavy atom. The predicted molar refractivity (Wildman–Crippen MR) is 90.4 cm³/mol. The molecular weight excluding hydrogens is 344 g/mol.